The number of nitrogens with zero attached hydrogens (tertiary/aromatic N) is 4. The predicted molar refractivity (Wildman–Crippen MR) is 82.1 cm³/mol. The molecule has 1 aliphatic heterocycles. The van der Waals surface area contributed by atoms with Crippen molar-refractivity contribution in [1.82, 2.24) is 19.7 Å². The summed E-state index contributed by atoms with van der Waals surface area (Å²) in [5, 5.41) is 8.39. The van der Waals surface area contributed by atoms with E-state index in [0.717, 1.165) is 36.6 Å². The first-order valence-electron chi connectivity index (χ1n) is 8.12. The van der Waals surface area contributed by atoms with Gasteiger partial charge in [-0.05, 0) is 30.0 Å². The van der Waals surface area contributed by atoms with Crippen LogP contribution in [0, 0.1) is 11.7 Å². The van der Waals surface area contributed by atoms with Crippen LogP contribution in [-0.2, 0) is 24.3 Å². The van der Waals surface area contributed by atoms with Gasteiger partial charge in [0.05, 0.1) is 6.54 Å². The predicted octanol–water partition coefficient (Wildman–Crippen LogP) is 2.13. The maximum absolute atomic E-state index is 13.0. The second kappa shape index (κ2) is 5.44. The Hall–Kier alpha value is -2.24. The quantitative estimate of drug-likeness (QED) is 0.872. The number of amides is 1. The number of carbonyl (C=O) groups excluding carboxylic acids is 1. The van der Waals surface area contributed by atoms with Gasteiger partial charge in [-0.25, -0.2) is 4.39 Å². The van der Waals surface area contributed by atoms with Crippen LogP contribution in [0.1, 0.15) is 36.5 Å². The van der Waals surface area contributed by atoms with E-state index in [-0.39, 0.29) is 23.6 Å². The van der Waals surface area contributed by atoms with Crippen molar-refractivity contribution >= 4 is 5.91 Å². The lowest BCUT2D eigenvalue weighted by atomic mass is 10.1. The van der Waals surface area contributed by atoms with Crippen molar-refractivity contribution < 1.29 is 9.18 Å². The third-order valence-corrected chi connectivity index (χ3v) is 4.86. The first kappa shape index (κ1) is 14.4. The van der Waals surface area contributed by atoms with Crippen molar-refractivity contribution in [2.75, 3.05) is 6.54 Å². The Kier molecular flexibility index (Phi) is 3.39. The average molecular weight is 314 g/mol. The standard InChI is InChI=1S/C17H19FN4O/c1-2-15-19-20-16-10-21(7-8-22(15)16)17(23)14-9-13(14)11-3-5-12(18)6-4-11/h3-6,13-14H,2,7-10H2,1H3/t13-,14-/m1/s1. The summed E-state index contributed by atoms with van der Waals surface area (Å²) >= 11 is 0. The number of benzene rings is 1. The maximum Gasteiger partial charge on any atom is 0.226 e. The van der Waals surface area contributed by atoms with E-state index in [1.165, 1.54) is 12.1 Å². The van der Waals surface area contributed by atoms with Crippen LogP contribution in [-0.4, -0.2) is 32.1 Å². The fraction of sp³-hybridized carbons (Fsp3) is 0.471. The van der Waals surface area contributed by atoms with Crippen LogP contribution >= 0.6 is 0 Å². The summed E-state index contributed by atoms with van der Waals surface area (Å²) in [5.41, 5.74) is 1.05. The number of halogens is 1. The van der Waals surface area contributed by atoms with E-state index in [1.54, 1.807) is 12.1 Å². The zero-order valence-electron chi connectivity index (χ0n) is 13.1. The van der Waals surface area contributed by atoms with Crippen LogP contribution < -0.4 is 0 Å². The molecule has 2 atom stereocenters. The van der Waals surface area contributed by atoms with Crippen LogP contribution in [0.25, 0.3) is 0 Å². The van der Waals surface area contributed by atoms with Crippen LogP contribution in [0.3, 0.4) is 0 Å². The molecule has 0 spiro atoms. The Morgan fingerprint density at radius 3 is 2.78 bits per heavy atom. The lowest BCUT2D eigenvalue weighted by Crippen LogP contribution is -2.39. The van der Waals surface area contributed by atoms with Crippen LogP contribution in [0.2, 0.25) is 0 Å². The van der Waals surface area contributed by atoms with Gasteiger partial charge in [0, 0.05) is 25.4 Å². The summed E-state index contributed by atoms with van der Waals surface area (Å²) in [6, 6.07) is 6.50. The molecule has 1 amide bonds. The van der Waals surface area contributed by atoms with Crippen LogP contribution in [0.4, 0.5) is 4.39 Å². The number of hydrogen-bond donors (Lipinski definition) is 0. The molecule has 2 aromatic rings. The lowest BCUT2D eigenvalue weighted by Gasteiger charge is -2.28. The molecule has 0 radical (unpaired) electrons. The van der Waals surface area contributed by atoms with Gasteiger partial charge in [-0.3, -0.25) is 4.79 Å². The van der Waals surface area contributed by atoms with Gasteiger partial charge in [0.1, 0.15) is 11.6 Å². The summed E-state index contributed by atoms with van der Waals surface area (Å²) < 4.78 is 15.1. The molecule has 0 saturated heterocycles. The molecule has 120 valence electrons. The van der Waals surface area contributed by atoms with Crippen molar-refractivity contribution in [1.29, 1.82) is 0 Å². The molecule has 1 saturated carbocycles. The molecule has 0 bridgehead atoms. The second-order valence-corrected chi connectivity index (χ2v) is 6.30. The van der Waals surface area contributed by atoms with Crippen molar-refractivity contribution in [3.8, 4) is 0 Å². The highest BCUT2D eigenvalue weighted by atomic mass is 19.1. The first-order chi connectivity index (χ1) is 11.2. The van der Waals surface area contributed by atoms with E-state index in [0.29, 0.717) is 13.1 Å². The molecule has 23 heavy (non-hydrogen) atoms. The molecule has 1 aromatic carbocycles. The van der Waals surface area contributed by atoms with E-state index in [9.17, 15) is 9.18 Å². The summed E-state index contributed by atoms with van der Waals surface area (Å²) in [4.78, 5) is 14.6. The Bertz CT molecular complexity index is 740. The average Bonchev–Trinajstić information content (AvgIpc) is 3.26. The SMILES string of the molecule is CCc1nnc2n1CCN(C(=O)[C@@H]1C[C@@H]1c1ccc(F)cc1)C2. The number of rotatable bonds is 3. The van der Waals surface area contributed by atoms with Crippen molar-refractivity contribution in [2.24, 2.45) is 5.92 Å². The van der Waals surface area contributed by atoms with E-state index in [2.05, 4.69) is 21.7 Å². The highest BCUT2D eigenvalue weighted by Gasteiger charge is 2.46. The van der Waals surface area contributed by atoms with Gasteiger partial charge < -0.3 is 9.47 Å². The molecule has 0 unspecified atom stereocenters. The number of fused-ring (bicyclic) bond motifs is 1. The third-order valence-electron chi connectivity index (χ3n) is 4.86. The molecule has 1 fully saturated rings. The molecular weight excluding hydrogens is 295 g/mol. The van der Waals surface area contributed by atoms with Gasteiger partial charge in [-0.1, -0.05) is 19.1 Å². The molecule has 0 N–H and O–H groups in total. The fourth-order valence-corrected chi connectivity index (χ4v) is 3.45. The van der Waals surface area contributed by atoms with Gasteiger partial charge in [0.25, 0.3) is 0 Å². The molecular formula is C17H19FN4O. The molecule has 4 rings (SSSR count). The van der Waals surface area contributed by atoms with Gasteiger partial charge in [0.15, 0.2) is 5.82 Å². The zero-order chi connectivity index (χ0) is 16.0. The zero-order valence-corrected chi connectivity index (χ0v) is 13.1. The summed E-state index contributed by atoms with van der Waals surface area (Å²) in [6.07, 6.45) is 1.71. The van der Waals surface area contributed by atoms with Crippen LogP contribution in [0.5, 0.6) is 0 Å². The molecule has 1 aromatic heterocycles. The topological polar surface area (TPSA) is 51.0 Å². The van der Waals surface area contributed by atoms with Crippen LogP contribution in [0.15, 0.2) is 24.3 Å². The van der Waals surface area contributed by atoms with E-state index < -0.39 is 0 Å². The van der Waals surface area contributed by atoms with Gasteiger partial charge in [0.2, 0.25) is 5.91 Å². The largest absolute Gasteiger partial charge is 0.333 e. The Balaban J connectivity index is 1.44. The van der Waals surface area contributed by atoms with Crippen molar-refractivity contribution in [2.45, 2.75) is 38.8 Å². The summed E-state index contributed by atoms with van der Waals surface area (Å²) in [5.74, 6) is 2.07. The normalized spacial score (nSPS) is 22.8. The van der Waals surface area contributed by atoms with E-state index in [1.807, 2.05) is 4.90 Å². The fourth-order valence-electron chi connectivity index (χ4n) is 3.45. The van der Waals surface area contributed by atoms with Gasteiger partial charge in [-0.2, -0.15) is 0 Å². The molecule has 1 aliphatic carbocycles. The minimum Gasteiger partial charge on any atom is -0.333 e. The number of aryl methyl sites for hydroxylation is 1. The summed E-state index contributed by atoms with van der Waals surface area (Å²) in [7, 11) is 0. The number of hydrogen-bond acceptors (Lipinski definition) is 3. The van der Waals surface area contributed by atoms with Crippen molar-refractivity contribution in [3.63, 3.8) is 0 Å². The monoisotopic (exact) mass is 314 g/mol. The first-order valence-corrected chi connectivity index (χ1v) is 8.12. The van der Waals surface area contributed by atoms with Gasteiger partial charge >= 0.3 is 0 Å². The highest BCUT2D eigenvalue weighted by Crippen LogP contribution is 2.48. The number of carbonyl (C=O) groups is 1. The Morgan fingerprint density at radius 2 is 2.04 bits per heavy atom. The Morgan fingerprint density at radius 1 is 1.26 bits per heavy atom. The van der Waals surface area contributed by atoms with E-state index >= 15 is 0 Å². The smallest absolute Gasteiger partial charge is 0.226 e. The molecule has 2 aliphatic rings. The minimum atomic E-state index is -0.237. The third kappa shape index (κ3) is 2.52. The molecule has 6 heteroatoms. The molecule has 5 nitrogen and oxygen atoms in total. The van der Waals surface area contributed by atoms with E-state index in [4.69, 9.17) is 0 Å². The van der Waals surface area contributed by atoms with Gasteiger partial charge in [-0.15, -0.1) is 10.2 Å². The van der Waals surface area contributed by atoms with Crippen molar-refractivity contribution in [3.05, 3.63) is 47.3 Å². The highest BCUT2D eigenvalue weighted by molar-refractivity contribution is 5.83. The number of aromatic nitrogens is 3. The minimum absolute atomic E-state index is 0.0283. The lowest BCUT2D eigenvalue weighted by molar-refractivity contribution is -0.134. The Labute approximate surface area is 134 Å². The molecule has 2 heterocycles. The second-order valence-electron chi connectivity index (χ2n) is 6.30. The summed E-state index contributed by atoms with van der Waals surface area (Å²) in [6.45, 7) is 4.08. The maximum atomic E-state index is 13.0.